The Morgan fingerprint density at radius 1 is 1.23 bits per heavy atom. The van der Waals surface area contributed by atoms with Crippen LogP contribution in [0.5, 0.6) is 0 Å². The van der Waals surface area contributed by atoms with Crippen molar-refractivity contribution in [2.45, 2.75) is 40.5 Å². The van der Waals surface area contributed by atoms with Gasteiger partial charge in [-0.05, 0) is 32.9 Å². The molecule has 3 aromatic rings. The largest absolute Gasteiger partial charge is 0.334 e. The van der Waals surface area contributed by atoms with Gasteiger partial charge >= 0.3 is 0 Å². The topological polar surface area (TPSA) is 73.8 Å². The summed E-state index contributed by atoms with van der Waals surface area (Å²) in [7, 11) is 1.71. The van der Waals surface area contributed by atoms with Crippen molar-refractivity contribution in [2.75, 3.05) is 7.05 Å². The lowest BCUT2D eigenvalue weighted by atomic mass is 10.3. The molecule has 0 radical (unpaired) electrons. The molecule has 138 valence electrons. The minimum atomic E-state index is -0.181. The number of aryl methyl sites for hydroxylation is 3. The summed E-state index contributed by atoms with van der Waals surface area (Å²) in [6.45, 7) is 7.44. The molecule has 0 aromatic carbocycles. The molecule has 0 N–H and O–H groups in total. The van der Waals surface area contributed by atoms with E-state index in [0.717, 1.165) is 17.9 Å². The minimum absolute atomic E-state index is 0.181. The van der Waals surface area contributed by atoms with E-state index in [0.29, 0.717) is 29.6 Å². The number of aromatic nitrogens is 6. The summed E-state index contributed by atoms with van der Waals surface area (Å²) < 4.78 is 5.29. The fraction of sp³-hybridized carbons (Fsp3) is 0.412. The highest BCUT2D eigenvalue weighted by atomic mass is 35.5. The lowest BCUT2D eigenvalue weighted by Gasteiger charge is -2.14. The second kappa shape index (κ2) is 7.33. The first-order chi connectivity index (χ1) is 12.4. The van der Waals surface area contributed by atoms with E-state index in [1.54, 1.807) is 39.8 Å². The summed E-state index contributed by atoms with van der Waals surface area (Å²) in [5.74, 6) is -0.181. The molecule has 3 rings (SSSR count). The molecular weight excluding hydrogens is 354 g/mol. The van der Waals surface area contributed by atoms with Crippen LogP contribution in [0.25, 0.3) is 0 Å². The molecule has 0 spiro atoms. The number of hydrogen-bond acceptors (Lipinski definition) is 4. The fourth-order valence-electron chi connectivity index (χ4n) is 2.71. The van der Waals surface area contributed by atoms with Gasteiger partial charge in [0.1, 0.15) is 18.1 Å². The zero-order valence-electron chi connectivity index (χ0n) is 15.3. The summed E-state index contributed by atoms with van der Waals surface area (Å²) in [5.41, 5.74) is 3.05. The van der Waals surface area contributed by atoms with Crippen LogP contribution < -0.4 is 0 Å². The van der Waals surface area contributed by atoms with Crippen LogP contribution in [0, 0.1) is 13.8 Å². The molecule has 0 unspecified atom stereocenters. The molecule has 0 bridgehead atoms. The van der Waals surface area contributed by atoms with Crippen molar-refractivity contribution in [2.24, 2.45) is 0 Å². The Morgan fingerprint density at radius 3 is 2.62 bits per heavy atom. The lowest BCUT2D eigenvalue weighted by Crippen LogP contribution is -2.27. The summed E-state index contributed by atoms with van der Waals surface area (Å²) >= 11 is 6.18. The summed E-state index contributed by atoms with van der Waals surface area (Å²) in [6, 6.07) is 3.71. The van der Waals surface area contributed by atoms with Crippen LogP contribution in [0.4, 0.5) is 0 Å². The second-order valence-electron chi connectivity index (χ2n) is 6.25. The first kappa shape index (κ1) is 18.2. The first-order valence-corrected chi connectivity index (χ1v) is 8.77. The van der Waals surface area contributed by atoms with Crippen molar-refractivity contribution < 1.29 is 4.79 Å². The van der Waals surface area contributed by atoms with E-state index in [1.807, 2.05) is 31.5 Å². The third-order valence-corrected chi connectivity index (χ3v) is 4.40. The summed E-state index contributed by atoms with van der Waals surface area (Å²) in [4.78, 5) is 14.2. The number of rotatable bonds is 6. The van der Waals surface area contributed by atoms with Gasteiger partial charge in [-0.15, -0.1) is 0 Å². The Hall–Kier alpha value is -2.61. The van der Waals surface area contributed by atoms with Crippen molar-refractivity contribution in [3.05, 3.63) is 52.3 Å². The van der Waals surface area contributed by atoms with Gasteiger partial charge in [-0.25, -0.2) is 4.68 Å². The van der Waals surface area contributed by atoms with Gasteiger partial charge in [0.2, 0.25) is 0 Å². The molecular formula is C17H22ClN7O. The molecule has 3 aromatic heterocycles. The molecule has 8 nitrogen and oxygen atoms in total. The first-order valence-electron chi connectivity index (χ1n) is 8.39. The van der Waals surface area contributed by atoms with Gasteiger partial charge < -0.3 is 4.90 Å². The Morgan fingerprint density at radius 2 is 2.00 bits per heavy atom. The maximum atomic E-state index is 12.6. The van der Waals surface area contributed by atoms with Gasteiger partial charge in [0.15, 0.2) is 0 Å². The number of amides is 1. The van der Waals surface area contributed by atoms with Crippen LogP contribution in [0.1, 0.15) is 34.5 Å². The maximum Gasteiger partial charge on any atom is 0.274 e. The predicted octanol–water partition coefficient (Wildman–Crippen LogP) is 2.34. The van der Waals surface area contributed by atoms with Gasteiger partial charge in [0.25, 0.3) is 5.91 Å². The van der Waals surface area contributed by atoms with E-state index in [4.69, 9.17) is 11.6 Å². The summed E-state index contributed by atoms with van der Waals surface area (Å²) in [5, 5.41) is 13.7. The van der Waals surface area contributed by atoms with E-state index >= 15 is 0 Å². The van der Waals surface area contributed by atoms with E-state index in [1.165, 1.54) is 0 Å². The zero-order valence-corrected chi connectivity index (χ0v) is 16.1. The average Bonchev–Trinajstić information content (AvgIpc) is 3.28. The van der Waals surface area contributed by atoms with Crippen molar-refractivity contribution in [3.63, 3.8) is 0 Å². The van der Waals surface area contributed by atoms with Crippen molar-refractivity contribution in [1.29, 1.82) is 0 Å². The molecule has 0 aliphatic carbocycles. The van der Waals surface area contributed by atoms with Crippen LogP contribution in [0.15, 0.2) is 24.5 Å². The Balaban J connectivity index is 1.68. The van der Waals surface area contributed by atoms with E-state index in [2.05, 4.69) is 15.3 Å². The molecule has 0 saturated carbocycles. The van der Waals surface area contributed by atoms with Crippen molar-refractivity contribution in [3.8, 4) is 0 Å². The fourth-order valence-corrected chi connectivity index (χ4v) is 2.92. The minimum Gasteiger partial charge on any atom is -0.334 e. The van der Waals surface area contributed by atoms with Crippen LogP contribution in [0.3, 0.4) is 0 Å². The Bertz CT molecular complexity index is 924. The van der Waals surface area contributed by atoms with Crippen molar-refractivity contribution >= 4 is 17.5 Å². The molecule has 9 heteroatoms. The molecule has 0 atom stereocenters. The van der Waals surface area contributed by atoms with Crippen molar-refractivity contribution in [1.82, 2.24) is 34.2 Å². The van der Waals surface area contributed by atoms with E-state index < -0.39 is 0 Å². The van der Waals surface area contributed by atoms with Crippen LogP contribution in [0.2, 0.25) is 5.02 Å². The Kier molecular flexibility index (Phi) is 5.13. The highest BCUT2D eigenvalue weighted by Crippen LogP contribution is 2.16. The van der Waals surface area contributed by atoms with Gasteiger partial charge in [0.05, 0.1) is 17.3 Å². The normalized spacial score (nSPS) is 11.1. The zero-order chi connectivity index (χ0) is 18.8. The monoisotopic (exact) mass is 375 g/mol. The van der Waals surface area contributed by atoms with Gasteiger partial charge in [0, 0.05) is 31.7 Å². The SMILES string of the molecule is CCn1cc(Cl)c(CN(C)C(=O)c2ccn(Cn3nc(C)cc3C)n2)n1. The predicted molar refractivity (Wildman–Crippen MR) is 98.0 cm³/mol. The molecule has 0 aliphatic rings. The standard InChI is InChI=1S/C17H22ClN7O/c1-5-23-9-14(18)16(21-23)10-22(4)17(26)15-6-7-24(20-15)11-25-13(3)8-12(2)19-25/h6-9H,5,10-11H2,1-4H3. The second-order valence-corrected chi connectivity index (χ2v) is 6.66. The number of hydrogen-bond donors (Lipinski definition) is 0. The molecule has 0 saturated heterocycles. The number of carbonyl (C=O) groups excluding carboxylic acids is 1. The van der Waals surface area contributed by atoms with E-state index in [-0.39, 0.29) is 5.91 Å². The maximum absolute atomic E-state index is 12.6. The third kappa shape index (κ3) is 3.80. The molecule has 26 heavy (non-hydrogen) atoms. The highest BCUT2D eigenvalue weighted by molar-refractivity contribution is 6.31. The third-order valence-electron chi connectivity index (χ3n) is 4.09. The smallest absolute Gasteiger partial charge is 0.274 e. The Labute approximate surface area is 157 Å². The van der Waals surface area contributed by atoms with Gasteiger partial charge in [-0.2, -0.15) is 15.3 Å². The number of carbonyl (C=O) groups is 1. The van der Waals surface area contributed by atoms with Gasteiger partial charge in [-0.1, -0.05) is 11.6 Å². The van der Waals surface area contributed by atoms with Crippen LogP contribution in [-0.2, 0) is 19.8 Å². The van der Waals surface area contributed by atoms with Crippen LogP contribution in [-0.4, -0.2) is 47.2 Å². The molecule has 0 aliphatic heterocycles. The van der Waals surface area contributed by atoms with Crippen LogP contribution >= 0.6 is 11.6 Å². The number of nitrogens with zero attached hydrogens (tertiary/aromatic N) is 7. The quantitative estimate of drug-likeness (QED) is 0.662. The highest BCUT2D eigenvalue weighted by Gasteiger charge is 2.18. The number of halogens is 1. The molecule has 1 amide bonds. The molecule has 0 fully saturated rings. The van der Waals surface area contributed by atoms with E-state index in [9.17, 15) is 4.79 Å². The molecule has 3 heterocycles. The average molecular weight is 376 g/mol. The lowest BCUT2D eigenvalue weighted by molar-refractivity contribution is 0.0776. The summed E-state index contributed by atoms with van der Waals surface area (Å²) in [6.07, 6.45) is 3.54. The van der Waals surface area contributed by atoms with Gasteiger partial charge in [-0.3, -0.25) is 14.2 Å².